The molecule has 1 heterocycles. The summed E-state index contributed by atoms with van der Waals surface area (Å²) in [4.78, 5) is 29.9. The first kappa shape index (κ1) is 22.3. The number of benzene rings is 2. The Morgan fingerprint density at radius 1 is 1.03 bits per heavy atom. The normalized spacial score (nSPS) is 17.9. The molecule has 9 heteroatoms. The lowest BCUT2D eigenvalue weighted by Crippen LogP contribution is -2.42. The van der Waals surface area contributed by atoms with Crippen molar-refractivity contribution in [1.29, 1.82) is 0 Å². The van der Waals surface area contributed by atoms with E-state index < -0.39 is 11.0 Å². The Morgan fingerprint density at radius 3 is 2.42 bits per heavy atom. The number of urea groups is 1. The number of aromatic nitrogens is 1. The van der Waals surface area contributed by atoms with Crippen molar-refractivity contribution in [2.45, 2.75) is 37.8 Å². The molecule has 1 aliphatic rings. The molecule has 0 atom stereocenters. The van der Waals surface area contributed by atoms with Gasteiger partial charge in [-0.15, -0.1) is 0 Å². The number of carbonyl (C=O) groups is 1. The van der Waals surface area contributed by atoms with E-state index in [9.17, 15) is 14.9 Å². The largest absolute Gasteiger partial charge is 0.377 e. The third-order valence-electron chi connectivity index (χ3n) is 5.94. The van der Waals surface area contributed by atoms with Crippen LogP contribution in [0.2, 0.25) is 0 Å². The minimum atomic E-state index is -0.505. The van der Waals surface area contributed by atoms with E-state index in [1.807, 2.05) is 32.3 Å². The Balaban J connectivity index is 1.33. The van der Waals surface area contributed by atoms with Gasteiger partial charge in [0.15, 0.2) is 0 Å². The predicted molar refractivity (Wildman–Crippen MR) is 131 cm³/mol. The fourth-order valence-electron chi connectivity index (χ4n) is 4.27. The summed E-state index contributed by atoms with van der Waals surface area (Å²) in [7, 11) is 4.05. The number of nitro benzene ring substituents is 1. The van der Waals surface area contributed by atoms with Crippen LogP contribution in [0.1, 0.15) is 25.7 Å². The molecule has 2 amide bonds. The summed E-state index contributed by atoms with van der Waals surface area (Å²) in [6.07, 6.45) is 3.41. The van der Waals surface area contributed by atoms with Crippen molar-refractivity contribution < 1.29 is 9.72 Å². The minimum Gasteiger partial charge on any atom is -0.377 e. The number of nitro groups is 1. The van der Waals surface area contributed by atoms with E-state index >= 15 is 0 Å². The molecule has 2 aromatic carbocycles. The minimum absolute atomic E-state index is 0.0210. The second-order valence-corrected chi connectivity index (χ2v) is 8.50. The number of amides is 2. The molecule has 4 rings (SSSR count). The molecule has 9 nitrogen and oxygen atoms in total. The van der Waals surface area contributed by atoms with Gasteiger partial charge in [-0.25, -0.2) is 9.78 Å². The zero-order chi connectivity index (χ0) is 23.4. The number of nitrogens with one attached hydrogen (secondary N) is 3. The number of hydrogen-bond acceptors (Lipinski definition) is 6. The van der Waals surface area contributed by atoms with Crippen LogP contribution < -0.4 is 20.9 Å². The van der Waals surface area contributed by atoms with Gasteiger partial charge in [0.05, 0.1) is 10.4 Å². The van der Waals surface area contributed by atoms with Crippen LogP contribution in [0.3, 0.4) is 0 Å². The van der Waals surface area contributed by atoms with Crippen LogP contribution in [-0.2, 0) is 0 Å². The molecule has 3 aromatic rings. The molecule has 172 valence electrons. The zero-order valence-corrected chi connectivity index (χ0v) is 18.7. The van der Waals surface area contributed by atoms with Gasteiger partial charge in [-0.1, -0.05) is 30.3 Å². The number of pyridine rings is 1. The molecule has 1 saturated carbocycles. The predicted octanol–water partition coefficient (Wildman–Crippen LogP) is 4.75. The van der Waals surface area contributed by atoms with Crippen molar-refractivity contribution in [3.63, 3.8) is 0 Å². The van der Waals surface area contributed by atoms with Gasteiger partial charge in [0.25, 0.3) is 5.69 Å². The third-order valence-corrected chi connectivity index (χ3v) is 5.94. The molecule has 3 N–H and O–H groups in total. The van der Waals surface area contributed by atoms with E-state index in [-0.39, 0.29) is 23.5 Å². The van der Waals surface area contributed by atoms with Crippen molar-refractivity contribution in [3.05, 3.63) is 64.7 Å². The van der Waals surface area contributed by atoms with E-state index in [1.165, 1.54) is 12.1 Å². The quantitative estimate of drug-likeness (QED) is 0.370. The van der Waals surface area contributed by atoms with E-state index in [0.717, 1.165) is 48.1 Å². The molecule has 0 saturated heterocycles. The van der Waals surface area contributed by atoms with Gasteiger partial charge in [0, 0.05) is 49.4 Å². The van der Waals surface area contributed by atoms with Crippen LogP contribution in [0.25, 0.3) is 10.9 Å². The number of nitrogens with zero attached hydrogens (tertiary/aromatic N) is 3. The number of carbonyl (C=O) groups excluding carboxylic acids is 1. The Labute approximate surface area is 192 Å². The van der Waals surface area contributed by atoms with Crippen molar-refractivity contribution in [2.24, 2.45) is 0 Å². The summed E-state index contributed by atoms with van der Waals surface area (Å²) in [5.74, 6) is 0.850. The SMILES string of the molecule is CN(C)c1cc(NC2CCC(NC(=O)Nc3ccccc3[N+](=O)[O-])CC2)nc2ccccc12. The molecule has 33 heavy (non-hydrogen) atoms. The van der Waals surface area contributed by atoms with Crippen molar-refractivity contribution >= 4 is 39.8 Å². The molecule has 0 spiro atoms. The summed E-state index contributed by atoms with van der Waals surface area (Å²) in [6, 6.07) is 16.2. The lowest BCUT2D eigenvalue weighted by molar-refractivity contribution is -0.383. The summed E-state index contributed by atoms with van der Waals surface area (Å²) in [5.41, 5.74) is 2.13. The average molecular weight is 449 g/mol. The lowest BCUT2D eigenvalue weighted by Gasteiger charge is -2.30. The van der Waals surface area contributed by atoms with Crippen LogP contribution in [-0.4, -0.2) is 42.1 Å². The van der Waals surface area contributed by atoms with Gasteiger partial charge in [0.1, 0.15) is 11.5 Å². The number of fused-ring (bicyclic) bond motifs is 1. The number of rotatable bonds is 6. The Morgan fingerprint density at radius 2 is 1.70 bits per heavy atom. The van der Waals surface area contributed by atoms with Gasteiger partial charge in [-0.3, -0.25) is 10.1 Å². The van der Waals surface area contributed by atoms with Crippen molar-refractivity contribution in [2.75, 3.05) is 29.6 Å². The summed E-state index contributed by atoms with van der Waals surface area (Å²) in [5, 5.41) is 21.4. The maximum Gasteiger partial charge on any atom is 0.319 e. The fraction of sp³-hybridized carbons (Fsp3) is 0.333. The highest BCUT2D eigenvalue weighted by molar-refractivity contribution is 5.93. The van der Waals surface area contributed by atoms with E-state index in [2.05, 4.69) is 33.0 Å². The average Bonchev–Trinajstić information content (AvgIpc) is 2.80. The highest BCUT2D eigenvalue weighted by Gasteiger charge is 2.24. The standard InChI is InChI=1S/C24H28N6O3/c1-29(2)22-15-23(27-19-8-4-3-7-18(19)22)25-16-11-13-17(14-12-16)26-24(31)28-20-9-5-6-10-21(20)30(32)33/h3-10,15-17H,11-14H2,1-2H3,(H,25,27)(H2,26,28,31). The van der Waals surface area contributed by atoms with E-state index in [1.54, 1.807) is 12.1 Å². The third kappa shape index (κ3) is 5.31. The van der Waals surface area contributed by atoms with Gasteiger partial charge < -0.3 is 20.9 Å². The summed E-state index contributed by atoms with van der Waals surface area (Å²) >= 11 is 0. The van der Waals surface area contributed by atoms with Crippen molar-refractivity contribution in [1.82, 2.24) is 10.3 Å². The molecular formula is C24H28N6O3. The zero-order valence-electron chi connectivity index (χ0n) is 18.7. The van der Waals surface area contributed by atoms with E-state index in [0.29, 0.717) is 0 Å². The van der Waals surface area contributed by atoms with Crippen molar-refractivity contribution in [3.8, 4) is 0 Å². The highest BCUT2D eigenvalue weighted by Crippen LogP contribution is 2.29. The van der Waals surface area contributed by atoms with Gasteiger partial charge >= 0.3 is 6.03 Å². The van der Waals surface area contributed by atoms with Crippen LogP contribution in [0, 0.1) is 10.1 Å². The summed E-state index contributed by atoms with van der Waals surface area (Å²) in [6.45, 7) is 0. The monoisotopic (exact) mass is 448 g/mol. The molecule has 0 aliphatic heterocycles. The lowest BCUT2D eigenvalue weighted by atomic mass is 9.91. The number of anilines is 3. The van der Waals surface area contributed by atoms with Crippen LogP contribution >= 0.6 is 0 Å². The topological polar surface area (TPSA) is 112 Å². The molecular weight excluding hydrogens is 420 g/mol. The second-order valence-electron chi connectivity index (χ2n) is 8.50. The van der Waals surface area contributed by atoms with Crippen LogP contribution in [0.4, 0.5) is 27.7 Å². The first-order valence-corrected chi connectivity index (χ1v) is 11.1. The Hall–Kier alpha value is -3.88. The molecule has 0 radical (unpaired) electrons. The molecule has 1 aliphatic carbocycles. The first-order valence-electron chi connectivity index (χ1n) is 11.1. The molecule has 1 fully saturated rings. The Kier molecular flexibility index (Phi) is 6.58. The van der Waals surface area contributed by atoms with Gasteiger partial charge in [-0.2, -0.15) is 0 Å². The molecule has 0 bridgehead atoms. The fourth-order valence-corrected chi connectivity index (χ4v) is 4.27. The van der Waals surface area contributed by atoms with Gasteiger partial charge in [0.2, 0.25) is 0 Å². The maximum absolute atomic E-state index is 12.4. The van der Waals surface area contributed by atoms with Crippen LogP contribution in [0.15, 0.2) is 54.6 Å². The molecule has 0 unspecified atom stereocenters. The van der Waals surface area contributed by atoms with E-state index in [4.69, 9.17) is 4.98 Å². The molecule has 1 aromatic heterocycles. The summed E-state index contributed by atoms with van der Waals surface area (Å²) < 4.78 is 0. The number of hydrogen-bond donors (Lipinski definition) is 3. The smallest absolute Gasteiger partial charge is 0.319 e. The van der Waals surface area contributed by atoms with Crippen LogP contribution in [0.5, 0.6) is 0 Å². The maximum atomic E-state index is 12.4. The first-order chi connectivity index (χ1) is 15.9. The second kappa shape index (κ2) is 9.72. The highest BCUT2D eigenvalue weighted by atomic mass is 16.6. The Bertz CT molecular complexity index is 1160. The number of para-hydroxylation sites is 3. The van der Waals surface area contributed by atoms with Gasteiger partial charge in [-0.05, 0) is 37.8 Å².